The average molecular weight is 324 g/mol. The van der Waals surface area contributed by atoms with Crippen LogP contribution in [0.1, 0.15) is 13.3 Å². The smallest absolute Gasteiger partial charge is 0.748 e. The minimum atomic E-state index is -3.92. The van der Waals surface area contributed by atoms with Gasteiger partial charge < -0.3 is 4.55 Å². The Morgan fingerprint density at radius 2 is 1.88 bits per heavy atom. The Kier molecular flexibility index (Phi) is 6.82. The van der Waals surface area contributed by atoms with Gasteiger partial charge in [-0.05, 0) is 6.42 Å². The molecule has 0 aromatic heterocycles. The van der Waals surface area contributed by atoms with Crippen LogP contribution < -0.4 is 0 Å². The van der Waals surface area contributed by atoms with Gasteiger partial charge in [-0.15, -0.1) is 0 Å². The fraction of sp³-hybridized carbons (Fsp3) is 1.00. The molecule has 0 aromatic carbocycles. The Balaban J connectivity index is 0. The summed E-state index contributed by atoms with van der Waals surface area (Å²) >= 11 is 0. The number of hydrogen-bond acceptors (Lipinski definition) is 3. The summed E-state index contributed by atoms with van der Waals surface area (Å²) in [6.45, 7) is 1.65. The van der Waals surface area contributed by atoms with Gasteiger partial charge in [0.25, 0.3) is 0 Å². The van der Waals surface area contributed by atoms with Gasteiger partial charge in [-0.25, -0.2) is 8.42 Å². The van der Waals surface area contributed by atoms with Crippen LogP contribution in [-0.4, -0.2) is 18.7 Å². The second kappa shape index (κ2) is 4.70. The predicted octanol–water partition coefficient (Wildman–Crippen LogP) is -0.0609. The van der Waals surface area contributed by atoms with Gasteiger partial charge in [0.2, 0.25) is 0 Å². The van der Waals surface area contributed by atoms with Crippen LogP contribution >= 0.6 is 0 Å². The molecule has 0 aliphatic heterocycles. The number of hydrogen-bond donors (Lipinski definition) is 0. The van der Waals surface area contributed by atoms with E-state index in [1.807, 2.05) is 0 Å². The first-order chi connectivity index (χ1) is 3.06. The first-order valence-electron chi connectivity index (χ1n) is 2.00. The maximum Gasteiger partial charge on any atom is 1.00 e. The Labute approximate surface area is 69.7 Å². The Hall–Kier alpha value is 0.845. The summed E-state index contributed by atoms with van der Waals surface area (Å²) in [5.74, 6) is -0.243. The minimum absolute atomic E-state index is 0. The minimum Gasteiger partial charge on any atom is -0.748 e. The molecule has 0 saturated heterocycles. The molecule has 3 nitrogen and oxygen atoms in total. The standard InChI is InChI=1S/C3H8O3S.Hg/c1-2-3-7(4,5)6;/h2-3H2,1H3,(H,4,5,6);/q;+1/p-1. The van der Waals surface area contributed by atoms with E-state index in [2.05, 4.69) is 0 Å². The van der Waals surface area contributed by atoms with Crippen LogP contribution in [0.5, 0.6) is 0 Å². The molecule has 0 rings (SSSR count). The summed E-state index contributed by atoms with van der Waals surface area (Å²) in [6, 6.07) is 0. The van der Waals surface area contributed by atoms with Crippen molar-refractivity contribution in [2.75, 3.05) is 5.75 Å². The van der Waals surface area contributed by atoms with E-state index >= 15 is 0 Å². The Morgan fingerprint density at radius 1 is 1.50 bits per heavy atom. The molecule has 1 radical (unpaired) electrons. The summed E-state index contributed by atoms with van der Waals surface area (Å²) < 4.78 is 29.0. The van der Waals surface area contributed by atoms with Crippen LogP contribution in [0.4, 0.5) is 0 Å². The van der Waals surface area contributed by atoms with E-state index in [9.17, 15) is 13.0 Å². The van der Waals surface area contributed by atoms with Crippen molar-refractivity contribution in [3.63, 3.8) is 0 Å². The molecule has 0 fully saturated rings. The average Bonchev–Trinajstić information content (AvgIpc) is 1.30. The van der Waals surface area contributed by atoms with Gasteiger partial charge >= 0.3 is 27.7 Å². The largest absolute Gasteiger partial charge is 1.00 e. The van der Waals surface area contributed by atoms with Crippen molar-refractivity contribution in [1.29, 1.82) is 0 Å². The van der Waals surface area contributed by atoms with Gasteiger partial charge in [0.05, 0.1) is 10.1 Å². The van der Waals surface area contributed by atoms with Crippen LogP contribution in [0.2, 0.25) is 0 Å². The summed E-state index contributed by atoms with van der Waals surface area (Å²) in [5.41, 5.74) is 0. The second-order valence-electron chi connectivity index (χ2n) is 1.26. The fourth-order valence-corrected chi connectivity index (χ4v) is 0.750. The van der Waals surface area contributed by atoms with Crippen LogP contribution in [0.25, 0.3) is 0 Å². The van der Waals surface area contributed by atoms with Gasteiger partial charge in [-0.3, -0.25) is 0 Å². The van der Waals surface area contributed by atoms with Crippen LogP contribution in [0.3, 0.4) is 0 Å². The molecule has 0 bridgehead atoms. The van der Waals surface area contributed by atoms with E-state index in [1.165, 1.54) is 0 Å². The van der Waals surface area contributed by atoms with Gasteiger partial charge in [0.15, 0.2) is 0 Å². The zero-order chi connectivity index (χ0) is 5.91. The molecular formula is C3H7HgO3S. The van der Waals surface area contributed by atoms with E-state index in [0.717, 1.165) is 0 Å². The molecule has 0 aromatic rings. The van der Waals surface area contributed by atoms with Gasteiger partial charge in [0, 0.05) is 5.75 Å². The summed E-state index contributed by atoms with van der Waals surface area (Å²) in [7, 11) is -3.92. The van der Waals surface area contributed by atoms with Gasteiger partial charge in [-0.1, -0.05) is 6.92 Å². The monoisotopic (exact) mass is 325 g/mol. The van der Waals surface area contributed by atoms with Crippen molar-refractivity contribution in [1.82, 2.24) is 0 Å². The first kappa shape index (κ1) is 11.6. The van der Waals surface area contributed by atoms with Gasteiger partial charge in [-0.2, -0.15) is 0 Å². The molecule has 0 heterocycles. The predicted molar refractivity (Wildman–Crippen MR) is 24.9 cm³/mol. The van der Waals surface area contributed by atoms with Crippen molar-refractivity contribution < 1.29 is 40.6 Å². The quantitative estimate of drug-likeness (QED) is 0.528. The van der Waals surface area contributed by atoms with Crippen molar-refractivity contribution >= 4 is 10.1 Å². The molecule has 0 aliphatic rings. The molecule has 0 aliphatic carbocycles. The number of rotatable bonds is 2. The zero-order valence-corrected chi connectivity index (χ0v) is 11.1. The first-order valence-corrected chi connectivity index (χ1v) is 3.57. The zero-order valence-electron chi connectivity index (χ0n) is 4.75. The van der Waals surface area contributed by atoms with Gasteiger partial charge in [0.1, 0.15) is 0 Å². The molecular weight excluding hydrogens is 317 g/mol. The third kappa shape index (κ3) is 9.96. The van der Waals surface area contributed by atoms with E-state index in [1.54, 1.807) is 6.92 Å². The SMILES string of the molecule is CCCS(=O)(=O)[O-].[Hg+]. The summed E-state index contributed by atoms with van der Waals surface area (Å²) in [6.07, 6.45) is 0.409. The molecule has 8 heavy (non-hydrogen) atoms. The van der Waals surface area contributed by atoms with Crippen molar-refractivity contribution in [2.24, 2.45) is 0 Å². The van der Waals surface area contributed by atoms with Crippen LogP contribution in [-0.2, 0) is 37.8 Å². The van der Waals surface area contributed by atoms with Crippen molar-refractivity contribution in [2.45, 2.75) is 13.3 Å². The molecule has 0 unspecified atom stereocenters. The second-order valence-corrected chi connectivity index (χ2v) is 2.79. The third-order valence-corrected chi connectivity index (χ3v) is 1.36. The summed E-state index contributed by atoms with van der Waals surface area (Å²) in [4.78, 5) is 0. The molecule has 5 heteroatoms. The van der Waals surface area contributed by atoms with E-state index in [4.69, 9.17) is 0 Å². The van der Waals surface area contributed by atoms with Crippen molar-refractivity contribution in [3.05, 3.63) is 0 Å². The maximum atomic E-state index is 9.68. The Bertz CT molecular complexity index is 127. The molecule has 0 amide bonds. The molecule has 0 saturated carbocycles. The molecule has 0 spiro atoms. The van der Waals surface area contributed by atoms with Crippen LogP contribution in [0.15, 0.2) is 0 Å². The normalized spacial score (nSPS) is 10.2. The molecule has 45 valence electrons. The van der Waals surface area contributed by atoms with E-state index < -0.39 is 10.1 Å². The molecule has 0 atom stereocenters. The van der Waals surface area contributed by atoms with E-state index in [-0.39, 0.29) is 33.4 Å². The Morgan fingerprint density at radius 3 is 1.88 bits per heavy atom. The van der Waals surface area contributed by atoms with Crippen molar-refractivity contribution in [3.8, 4) is 0 Å². The van der Waals surface area contributed by atoms with E-state index in [0.29, 0.717) is 6.42 Å². The van der Waals surface area contributed by atoms with Crippen LogP contribution in [0, 0.1) is 0 Å². The molecule has 0 N–H and O–H groups in total. The third-order valence-electron chi connectivity index (χ3n) is 0.454. The maximum absolute atomic E-state index is 9.68. The fourth-order valence-electron chi connectivity index (χ4n) is 0.250. The topological polar surface area (TPSA) is 57.2 Å². The summed E-state index contributed by atoms with van der Waals surface area (Å²) in [5, 5.41) is 0.